The number of hydrogen-bond acceptors (Lipinski definition) is 5. The Balaban J connectivity index is 1.30. The number of carbonyl (C=O) groups is 1. The lowest BCUT2D eigenvalue weighted by molar-refractivity contribution is -0.268. The molecule has 0 aliphatic carbocycles. The number of rotatable bonds is 9. The van der Waals surface area contributed by atoms with Gasteiger partial charge < -0.3 is 19.9 Å². The Morgan fingerprint density at radius 2 is 1.41 bits per heavy atom. The first-order valence-corrected chi connectivity index (χ1v) is 14.2. The summed E-state index contributed by atoms with van der Waals surface area (Å²) in [6.45, 7) is 2.63. The molecule has 4 aromatic rings. The Kier molecular flexibility index (Phi) is 9.12. The second-order valence-corrected chi connectivity index (χ2v) is 10.8. The second-order valence-electron chi connectivity index (χ2n) is 9.74. The van der Waals surface area contributed by atoms with Crippen LogP contribution in [0.5, 0.6) is 0 Å². The number of nitrogens with one attached hydrogen (secondary N) is 1. The highest BCUT2D eigenvalue weighted by Gasteiger charge is 2.38. The van der Waals surface area contributed by atoms with Gasteiger partial charge in [-0.3, -0.25) is 4.79 Å². The van der Waals surface area contributed by atoms with Gasteiger partial charge in [0.1, 0.15) is 0 Å². The number of carbonyl (C=O) groups excluding carboxylic acids is 1. The fraction of sp³-hybridized carbons (Fsp3) is 0.242. The minimum Gasteiger partial charge on any atom is -0.392 e. The lowest BCUT2D eigenvalue weighted by Crippen LogP contribution is -2.38. The standard InChI is InChI=1S/C33H33NO4S/c1-23-30(22-39-29-10-6-3-7-11-29)37-33(38-31(23)26-16-14-25(21-35)15-17-26)28-18-12-24(13-19-28)20-34-32(36)27-8-4-2-5-9-27/h2-19,23,30-31,33,35H,20-22H2,1H3,(H,34,36)/t23-,30+,31+,33+/m1/s1. The monoisotopic (exact) mass is 539 g/mol. The van der Waals surface area contributed by atoms with Crippen molar-refractivity contribution in [2.75, 3.05) is 5.75 Å². The number of hydrogen-bond donors (Lipinski definition) is 2. The van der Waals surface area contributed by atoms with E-state index in [1.165, 1.54) is 4.90 Å². The topological polar surface area (TPSA) is 67.8 Å². The van der Waals surface area contributed by atoms with Gasteiger partial charge in [-0.2, -0.15) is 0 Å². The number of aliphatic hydroxyl groups is 1. The number of aliphatic hydroxyl groups excluding tert-OH is 1. The minimum absolute atomic E-state index is 0.0155. The van der Waals surface area contributed by atoms with Crippen molar-refractivity contribution in [1.29, 1.82) is 0 Å². The highest BCUT2D eigenvalue weighted by molar-refractivity contribution is 7.99. The van der Waals surface area contributed by atoms with E-state index in [9.17, 15) is 9.90 Å². The fourth-order valence-electron chi connectivity index (χ4n) is 4.67. The van der Waals surface area contributed by atoms with Gasteiger partial charge in [-0.05, 0) is 41.0 Å². The molecule has 1 saturated heterocycles. The molecule has 6 heteroatoms. The van der Waals surface area contributed by atoms with Crippen molar-refractivity contribution in [3.05, 3.63) is 137 Å². The maximum Gasteiger partial charge on any atom is 0.251 e. The Hall–Kier alpha value is -3.42. The van der Waals surface area contributed by atoms with Gasteiger partial charge in [-0.15, -0.1) is 11.8 Å². The highest BCUT2D eigenvalue weighted by Crippen LogP contribution is 2.43. The molecule has 5 rings (SSSR count). The lowest BCUT2D eigenvalue weighted by atomic mass is 9.91. The summed E-state index contributed by atoms with van der Waals surface area (Å²) in [6.07, 6.45) is -0.693. The molecule has 4 atom stereocenters. The van der Waals surface area contributed by atoms with Crippen molar-refractivity contribution >= 4 is 17.7 Å². The molecule has 2 N–H and O–H groups in total. The highest BCUT2D eigenvalue weighted by atomic mass is 32.2. The molecule has 1 heterocycles. The Morgan fingerprint density at radius 3 is 2.08 bits per heavy atom. The van der Waals surface area contributed by atoms with Crippen LogP contribution in [-0.4, -0.2) is 22.9 Å². The summed E-state index contributed by atoms with van der Waals surface area (Å²) in [5.74, 6) is 0.839. The van der Waals surface area contributed by atoms with Crippen molar-refractivity contribution < 1.29 is 19.4 Å². The molecule has 0 aromatic heterocycles. The maximum atomic E-state index is 12.4. The van der Waals surface area contributed by atoms with Crippen LogP contribution in [-0.2, 0) is 22.6 Å². The van der Waals surface area contributed by atoms with Crippen molar-refractivity contribution in [2.24, 2.45) is 5.92 Å². The third kappa shape index (κ3) is 6.97. The van der Waals surface area contributed by atoms with E-state index < -0.39 is 6.29 Å². The van der Waals surface area contributed by atoms with Crippen molar-refractivity contribution in [3.63, 3.8) is 0 Å². The van der Waals surface area contributed by atoms with Crippen LogP contribution in [0.1, 0.15) is 51.9 Å². The van der Waals surface area contributed by atoms with E-state index in [0.29, 0.717) is 12.1 Å². The predicted octanol–water partition coefficient (Wildman–Crippen LogP) is 6.69. The van der Waals surface area contributed by atoms with Crippen LogP contribution < -0.4 is 5.32 Å². The van der Waals surface area contributed by atoms with Crippen LogP contribution >= 0.6 is 11.8 Å². The summed E-state index contributed by atoms with van der Waals surface area (Å²) in [5, 5.41) is 12.4. The molecule has 0 radical (unpaired) electrons. The Bertz CT molecular complexity index is 1330. The molecule has 4 aromatic carbocycles. The number of benzene rings is 4. The first-order valence-electron chi connectivity index (χ1n) is 13.2. The van der Waals surface area contributed by atoms with Gasteiger partial charge >= 0.3 is 0 Å². The summed E-state index contributed by atoms with van der Waals surface area (Å²) >= 11 is 1.79. The second kappa shape index (κ2) is 13.1. The van der Waals surface area contributed by atoms with Gasteiger partial charge in [-0.25, -0.2) is 0 Å². The van der Waals surface area contributed by atoms with E-state index in [1.807, 2.05) is 72.8 Å². The predicted molar refractivity (Wildman–Crippen MR) is 154 cm³/mol. The van der Waals surface area contributed by atoms with Crippen LogP contribution in [0, 0.1) is 5.92 Å². The molecule has 0 unspecified atom stereocenters. The van der Waals surface area contributed by atoms with Gasteiger partial charge in [0.2, 0.25) is 0 Å². The molecule has 1 aliphatic heterocycles. The Morgan fingerprint density at radius 1 is 0.795 bits per heavy atom. The molecule has 0 bridgehead atoms. The molecule has 1 fully saturated rings. The molecule has 0 saturated carbocycles. The van der Waals surface area contributed by atoms with E-state index in [2.05, 4.69) is 36.5 Å². The summed E-state index contributed by atoms with van der Waals surface area (Å²) in [5.41, 5.74) is 4.53. The van der Waals surface area contributed by atoms with E-state index in [-0.39, 0.29) is 30.6 Å². The zero-order valence-corrected chi connectivity index (χ0v) is 22.7. The molecule has 39 heavy (non-hydrogen) atoms. The molecule has 0 spiro atoms. The molecule has 1 aliphatic rings. The molecular weight excluding hydrogens is 506 g/mol. The van der Waals surface area contributed by atoms with Crippen LogP contribution in [0.2, 0.25) is 0 Å². The number of amides is 1. The maximum absolute atomic E-state index is 12.4. The summed E-state index contributed by atoms with van der Waals surface area (Å²) in [7, 11) is 0. The fourth-order valence-corrected chi connectivity index (χ4v) is 5.76. The van der Waals surface area contributed by atoms with Crippen LogP contribution in [0.3, 0.4) is 0 Å². The SMILES string of the molecule is C[C@@H]1[C@H](CSc2ccccc2)O[C@H](c2ccc(CNC(=O)c3ccccc3)cc2)O[C@@H]1c1ccc(CO)cc1. The summed E-state index contributed by atoms with van der Waals surface area (Å²) in [6, 6.07) is 35.6. The third-order valence-electron chi connectivity index (χ3n) is 7.02. The zero-order chi connectivity index (χ0) is 27.0. The van der Waals surface area contributed by atoms with E-state index in [4.69, 9.17) is 9.47 Å². The van der Waals surface area contributed by atoms with Gasteiger partial charge in [-0.1, -0.05) is 91.9 Å². The van der Waals surface area contributed by atoms with Crippen molar-refractivity contribution in [2.45, 2.75) is 43.5 Å². The molecule has 5 nitrogen and oxygen atoms in total. The van der Waals surface area contributed by atoms with Gasteiger partial charge in [0.15, 0.2) is 6.29 Å². The van der Waals surface area contributed by atoms with E-state index >= 15 is 0 Å². The smallest absolute Gasteiger partial charge is 0.251 e. The number of ether oxygens (including phenoxy) is 2. The summed E-state index contributed by atoms with van der Waals surface area (Å²) in [4.78, 5) is 13.6. The zero-order valence-electron chi connectivity index (χ0n) is 21.9. The minimum atomic E-state index is -0.516. The van der Waals surface area contributed by atoms with Crippen LogP contribution in [0.4, 0.5) is 0 Å². The van der Waals surface area contributed by atoms with E-state index in [0.717, 1.165) is 28.0 Å². The number of thioether (sulfide) groups is 1. The first kappa shape index (κ1) is 27.2. The normalized spacial score (nSPS) is 20.9. The molecule has 1 amide bonds. The molecule has 200 valence electrons. The van der Waals surface area contributed by atoms with Gasteiger partial charge in [0.05, 0.1) is 18.8 Å². The average molecular weight is 540 g/mol. The first-order chi connectivity index (χ1) is 19.1. The quantitative estimate of drug-likeness (QED) is 0.232. The lowest BCUT2D eigenvalue weighted by Gasteiger charge is -2.41. The summed E-state index contributed by atoms with van der Waals surface area (Å²) < 4.78 is 13.1. The van der Waals surface area contributed by atoms with Gasteiger partial charge in [0.25, 0.3) is 5.91 Å². The van der Waals surface area contributed by atoms with Crippen molar-refractivity contribution in [1.82, 2.24) is 5.32 Å². The van der Waals surface area contributed by atoms with Gasteiger partial charge in [0, 0.05) is 34.2 Å². The third-order valence-corrected chi connectivity index (χ3v) is 8.12. The average Bonchev–Trinajstić information content (AvgIpc) is 3.00. The van der Waals surface area contributed by atoms with Crippen molar-refractivity contribution in [3.8, 4) is 0 Å². The largest absolute Gasteiger partial charge is 0.392 e. The van der Waals surface area contributed by atoms with Crippen LogP contribution in [0.15, 0.2) is 114 Å². The molecular formula is C33H33NO4S. The van der Waals surface area contributed by atoms with E-state index in [1.54, 1.807) is 23.9 Å². The Labute approximate surface area is 234 Å². The van der Waals surface area contributed by atoms with Crippen LogP contribution in [0.25, 0.3) is 0 Å².